The topological polar surface area (TPSA) is 43.6 Å². The molecule has 0 atom stereocenters. The Morgan fingerprint density at radius 3 is 3.12 bits per heavy atom. The normalized spacial score (nSPS) is 11.1. The average molecular weight is 251 g/mol. The van der Waals surface area contributed by atoms with Crippen molar-refractivity contribution in [2.45, 2.75) is 5.88 Å². The van der Waals surface area contributed by atoms with Crippen molar-refractivity contribution < 1.29 is 0 Å². The first-order chi connectivity index (χ1) is 7.86. The van der Waals surface area contributed by atoms with E-state index in [1.165, 1.54) is 0 Å². The Kier molecular flexibility index (Phi) is 2.34. The molecular formula is C10H7ClN4S. The first-order valence-electron chi connectivity index (χ1n) is 4.67. The lowest BCUT2D eigenvalue weighted by Gasteiger charge is -1.98. The number of hydrogen-bond acceptors (Lipinski definition) is 4. The van der Waals surface area contributed by atoms with Gasteiger partial charge >= 0.3 is 0 Å². The van der Waals surface area contributed by atoms with Gasteiger partial charge < -0.3 is 0 Å². The predicted octanol–water partition coefficient (Wildman–Crippen LogP) is 2.62. The molecule has 0 aliphatic rings. The molecule has 16 heavy (non-hydrogen) atoms. The van der Waals surface area contributed by atoms with Crippen LogP contribution in [0.4, 0.5) is 0 Å². The molecule has 3 rings (SSSR count). The second-order valence-electron chi connectivity index (χ2n) is 3.29. The lowest BCUT2D eigenvalue weighted by atomic mass is 10.3. The van der Waals surface area contributed by atoms with E-state index in [4.69, 9.17) is 11.6 Å². The molecule has 0 spiro atoms. The minimum Gasteiger partial charge on any atom is -0.245 e. The smallest absolute Gasteiger partial charge is 0.0979 e. The molecule has 1 aromatic carbocycles. The van der Waals surface area contributed by atoms with Gasteiger partial charge in [0, 0.05) is 0 Å². The summed E-state index contributed by atoms with van der Waals surface area (Å²) in [5.74, 6) is 0.378. The largest absolute Gasteiger partial charge is 0.245 e. The van der Waals surface area contributed by atoms with Gasteiger partial charge in [-0.3, -0.25) is 0 Å². The van der Waals surface area contributed by atoms with Crippen LogP contribution in [0.1, 0.15) is 5.69 Å². The van der Waals surface area contributed by atoms with Crippen molar-refractivity contribution >= 4 is 33.2 Å². The molecule has 0 N–H and O–H groups in total. The minimum absolute atomic E-state index is 0.378. The van der Waals surface area contributed by atoms with E-state index in [0.29, 0.717) is 5.88 Å². The molecule has 0 radical (unpaired) electrons. The fraction of sp³-hybridized carbons (Fsp3) is 0.100. The van der Waals surface area contributed by atoms with Crippen LogP contribution in [0.3, 0.4) is 0 Å². The Bertz CT molecular complexity index is 630. The second kappa shape index (κ2) is 3.84. The monoisotopic (exact) mass is 250 g/mol. The third kappa shape index (κ3) is 1.58. The molecule has 0 saturated carbocycles. The highest BCUT2D eigenvalue weighted by Gasteiger charge is 2.03. The highest BCUT2D eigenvalue weighted by Crippen LogP contribution is 2.20. The summed E-state index contributed by atoms with van der Waals surface area (Å²) in [7, 11) is 0. The molecule has 0 fully saturated rings. The lowest BCUT2D eigenvalue weighted by Crippen LogP contribution is -1.93. The van der Waals surface area contributed by atoms with Crippen LogP contribution in [0.15, 0.2) is 29.9 Å². The van der Waals surface area contributed by atoms with Crippen LogP contribution in [-0.2, 0) is 5.88 Å². The molecule has 6 heteroatoms. The second-order valence-corrected chi connectivity index (χ2v) is 4.45. The number of benzene rings is 1. The molecule has 0 aliphatic carbocycles. The van der Waals surface area contributed by atoms with Crippen LogP contribution in [0, 0.1) is 0 Å². The van der Waals surface area contributed by atoms with Crippen LogP contribution in [0.5, 0.6) is 0 Å². The quantitative estimate of drug-likeness (QED) is 0.657. The minimum atomic E-state index is 0.378. The Morgan fingerprint density at radius 2 is 2.31 bits per heavy atom. The van der Waals surface area contributed by atoms with E-state index >= 15 is 0 Å². The Labute approximate surface area is 100 Å². The number of thiazole rings is 1. The van der Waals surface area contributed by atoms with Crippen molar-refractivity contribution in [3.63, 3.8) is 0 Å². The van der Waals surface area contributed by atoms with E-state index in [1.807, 2.05) is 29.9 Å². The number of fused-ring (bicyclic) bond motifs is 1. The van der Waals surface area contributed by atoms with Crippen molar-refractivity contribution in [1.82, 2.24) is 20.0 Å². The zero-order valence-electron chi connectivity index (χ0n) is 8.17. The van der Waals surface area contributed by atoms with Crippen LogP contribution < -0.4 is 0 Å². The predicted molar refractivity (Wildman–Crippen MR) is 64.1 cm³/mol. The summed E-state index contributed by atoms with van der Waals surface area (Å²) in [6.45, 7) is 0. The number of aromatic nitrogens is 4. The van der Waals surface area contributed by atoms with Crippen molar-refractivity contribution in [1.29, 1.82) is 0 Å². The maximum absolute atomic E-state index is 5.68. The van der Waals surface area contributed by atoms with Gasteiger partial charge in [-0.2, -0.15) is 0 Å². The van der Waals surface area contributed by atoms with Crippen LogP contribution in [0.25, 0.3) is 15.9 Å². The van der Waals surface area contributed by atoms with E-state index in [1.54, 1.807) is 16.0 Å². The van der Waals surface area contributed by atoms with Crippen LogP contribution in [0.2, 0.25) is 0 Å². The summed E-state index contributed by atoms with van der Waals surface area (Å²) in [4.78, 5) is 4.23. The van der Waals surface area contributed by atoms with Gasteiger partial charge in [0.1, 0.15) is 0 Å². The number of nitrogens with zero attached hydrogens (tertiary/aromatic N) is 4. The summed E-state index contributed by atoms with van der Waals surface area (Å²) in [6.07, 6.45) is 1.83. The maximum atomic E-state index is 5.68. The number of rotatable bonds is 2. The molecule has 0 saturated heterocycles. The highest BCUT2D eigenvalue weighted by atomic mass is 35.5. The van der Waals surface area contributed by atoms with Gasteiger partial charge in [0.25, 0.3) is 0 Å². The summed E-state index contributed by atoms with van der Waals surface area (Å²) in [5, 5.41) is 7.96. The third-order valence-corrected chi connectivity index (χ3v) is 3.32. The van der Waals surface area contributed by atoms with Gasteiger partial charge in [-0.15, -0.1) is 28.0 Å². The lowest BCUT2D eigenvalue weighted by molar-refractivity contribution is 0.801. The van der Waals surface area contributed by atoms with E-state index in [-0.39, 0.29) is 0 Å². The number of hydrogen-bond donors (Lipinski definition) is 0. The zero-order chi connectivity index (χ0) is 11.0. The molecule has 2 aromatic heterocycles. The van der Waals surface area contributed by atoms with E-state index in [0.717, 1.165) is 21.6 Å². The number of alkyl halides is 1. The van der Waals surface area contributed by atoms with E-state index < -0.39 is 0 Å². The summed E-state index contributed by atoms with van der Waals surface area (Å²) in [5.41, 5.74) is 4.58. The molecule has 3 aromatic rings. The summed E-state index contributed by atoms with van der Waals surface area (Å²) < 4.78 is 2.86. The molecule has 0 unspecified atom stereocenters. The standard InChI is InChI=1S/C10H7ClN4S/c11-4-7-5-15(14-13-7)8-1-2-9-10(3-8)16-6-12-9/h1-3,5-6H,4H2. The van der Waals surface area contributed by atoms with Gasteiger partial charge in [0.15, 0.2) is 0 Å². The van der Waals surface area contributed by atoms with Gasteiger partial charge in [-0.25, -0.2) is 9.67 Å². The van der Waals surface area contributed by atoms with Crippen molar-refractivity contribution in [3.8, 4) is 5.69 Å². The average Bonchev–Trinajstić information content (AvgIpc) is 2.96. The van der Waals surface area contributed by atoms with Gasteiger partial charge in [-0.05, 0) is 18.2 Å². The molecule has 4 nitrogen and oxygen atoms in total. The van der Waals surface area contributed by atoms with Crippen molar-refractivity contribution in [3.05, 3.63) is 35.6 Å². The van der Waals surface area contributed by atoms with Crippen LogP contribution in [-0.4, -0.2) is 20.0 Å². The van der Waals surface area contributed by atoms with E-state index in [9.17, 15) is 0 Å². The SMILES string of the molecule is ClCc1cn(-c2ccc3ncsc3c2)nn1. The molecule has 80 valence electrons. The van der Waals surface area contributed by atoms with Gasteiger partial charge in [0.2, 0.25) is 0 Å². The Morgan fingerprint density at radius 1 is 1.38 bits per heavy atom. The molecule has 2 heterocycles. The molecule has 0 aliphatic heterocycles. The fourth-order valence-corrected chi connectivity index (χ4v) is 2.30. The van der Waals surface area contributed by atoms with Gasteiger partial charge in [-0.1, -0.05) is 5.21 Å². The maximum Gasteiger partial charge on any atom is 0.0979 e. The van der Waals surface area contributed by atoms with E-state index in [2.05, 4.69) is 15.3 Å². The fourth-order valence-electron chi connectivity index (χ4n) is 1.47. The Hall–Kier alpha value is -1.46. The van der Waals surface area contributed by atoms with Crippen molar-refractivity contribution in [2.75, 3.05) is 0 Å². The first kappa shape index (κ1) is 9.74. The van der Waals surface area contributed by atoms with Gasteiger partial charge in [0.05, 0.1) is 39.2 Å². The third-order valence-electron chi connectivity index (χ3n) is 2.26. The van der Waals surface area contributed by atoms with Crippen molar-refractivity contribution in [2.24, 2.45) is 0 Å². The summed E-state index contributed by atoms with van der Waals surface area (Å²) >= 11 is 7.29. The first-order valence-corrected chi connectivity index (χ1v) is 6.09. The highest BCUT2D eigenvalue weighted by molar-refractivity contribution is 7.16. The molecular weight excluding hydrogens is 244 g/mol. The van der Waals surface area contributed by atoms with Crippen LogP contribution >= 0.6 is 22.9 Å². The number of halogens is 1. The molecule has 0 bridgehead atoms. The zero-order valence-corrected chi connectivity index (χ0v) is 9.74. The summed E-state index contributed by atoms with van der Waals surface area (Å²) in [6, 6.07) is 5.98. The Balaban J connectivity index is 2.10. The molecule has 0 amide bonds.